The molecule has 0 unspecified atom stereocenters. The van der Waals surface area contributed by atoms with E-state index < -0.39 is 0 Å². The number of amides is 1. The maximum Gasteiger partial charge on any atom is 0.225 e. The van der Waals surface area contributed by atoms with Gasteiger partial charge < -0.3 is 0 Å². The molecule has 0 spiro atoms. The lowest BCUT2D eigenvalue weighted by molar-refractivity contribution is -0.116. The molecule has 1 aromatic rings. The standard InChI is InChI=1S/C16H26N4O/c1-3-10-19(13(2)21)15-12-20(18-17-15)16-8-4-6-14(11-16)7-5-9-16/h12,14H,3-11H2,1-2H3. The topological polar surface area (TPSA) is 51.0 Å². The average molecular weight is 290 g/mol. The Labute approximate surface area is 126 Å². The molecule has 0 aromatic carbocycles. The first-order valence-electron chi connectivity index (χ1n) is 8.35. The number of nitrogens with zero attached hydrogens (tertiary/aromatic N) is 4. The molecule has 1 aromatic heterocycles. The first-order chi connectivity index (χ1) is 10.1. The molecule has 116 valence electrons. The fourth-order valence-electron chi connectivity index (χ4n) is 4.24. The van der Waals surface area contributed by atoms with E-state index in [1.807, 2.05) is 6.20 Å². The van der Waals surface area contributed by atoms with Gasteiger partial charge >= 0.3 is 0 Å². The van der Waals surface area contributed by atoms with Crippen LogP contribution in [0.25, 0.3) is 0 Å². The van der Waals surface area contributed by atoms with Crippen LogP contribution in [-0.2, 0) is 10.3 Å². The molecule has 0 saturated heterocycles. The van der Waals surface area contributed by atoms with Crippen molar-refractivity contribution in [3.8, 4) is 0 Å². The fourth-order valence-corrected chi connectivity index (χ4v) is 4.24. The van der Waals surface area contributed by atoms with Gasteiger partial charge in [-0.15, -0.1) is 5.10 Å². The number of fused-ring (bicyclic) bond motifs is 2. The van der Waals surface area contributed by atoms with Crippen molar-refractivity contribution in [2.45, 2.75) is 70.8 Å². The summed E-state index contributed by atoms with van der Waals surface area (Å²) in [5.41, 5.74) is 0.168. The second-order valence-electron chi connectivity index (χ2n) is 6.77. The van der Waals surface area contributed by atoms with Gasteiger partial charge in [0.15, 0.2) is 5.82 Å². The van der Waals surface area contributed by atoms with Gasteiger partial charge in [0.25, 0.3) is 0 Å². The third-order valence-electron chi connectivity index (χ3n) is 5.25. The maximum atomic E-state index is 11.8. The lowest BCUT2D eigenvalue weighted by Gasteiger charge is -2.45. The van der Waals surface area contributed by atoms with Crippen LogP contribution in [0.3, 0.4) is 0 Å². The van der Waals surface area contributed by atoms with Crippen LogP contribution in [0.1, 0.15) is 65.2 Å². The van der Waals surface area contributed by atoms with E-state index in [-0.39, 0.29) is 11.4 Å². The van der Waals surface area contributed by atoms with Crippen molar-refractivity contribution in [1.82, 2.24) is 15.0 Å². The van der Waals surface area contributed by atoms with Gasteiger partial charge in [-0.3, -0.25) is 9.69 Å². The molecule has 0 aliphatic heterocycles. The van der Waals surface area contributed by atoms with Crippen molar-refractivity contribution in [3.05, 3.63) is 6.20 Å². The molecule has 3 rings (SSSR count). The molecule has 2 aliphatic rings. The minimum Gasteiger partial charge on any atom is -0.294 e. The van der Waals surface area contributed by atoms with E-state index in [4.69, 9.17) is 0 Å². The number of carbonyl (C=O) groups excluding carboxylic acids is 1. The van der Waals surface area contributed by atoms with E-state index in [1.165, 1.54) is 44.9 Å². The van der Waals surface area contributed by atoms with E-state index in [0.29, 0.717) is 12.4 Å². The van der Waals surface area contributed by atoms with Crippen LogP contribution >= 0.6 is 0 Å². The van der Waals surface area contributed by atoms with Crippen molar-refractivity contribution in [2.24, 2.45) is 5.92 Å². The summed E-state index contributed by atoms with van der Waals surface area (Å²) in [7, 11) is 0. The van der Waals surface area contributed by atoms with Crippen LogP contribution in [0.4, 0.5) is 5.82 Å². The number of carbonyl (C=O) groups is 1. The van der Waals surface area contributed by atoms with E-state index in [9.17, 15) is 4.79 Å². The van der Waals surface area contributed by atoms with Gasteiger partial charge in [0.05, 0.1) is 11.7 Å². The number of anilines is 1. The van der Waals surface area contributed by atoms with Gasteiger partial charge in [0.1, 0.15) is 0 Å². The highest BCUT2D eigenvalue weighted by Crippen LogP contribution is 2.47. The van der Waals surface area contributed by atoms with Crippen LogP contribution in [0.5, 0.6) is 0 Å². The normalized spacial score (nSPS) is 28.4. The summed E-state index contributed by atoms with van der Waals surface area (Å²) in [4.78, 5) is 13.5. The zero-order valence-electron chi connectivity index (χ0n) is 13.2. The SMILES string of the molecule is CCCN(C(C)=O)c1cn(C23CCCC(CCC2)C3)nn1. The first kappa shape index (κ1) is 14.5. The summed E-state index contributed by atoms with van der Waals surface area (Å²) in [6.07, 6.45) is 11.9. The second-order valence-corrected chi connectivity index (χ2v) is 6.77. The zero-order valence-corrected chi connectivity index (χ0v) is 13.2. The summed E-state index contributed by atoms with van der Waals surface area (Å²) < 4.78 is 2.08. The number of hydrogen-bond donors (Lipinski definition) is 0. The van der Waals surface area contributed by atoms with Gasteiger partial charge in [-0.2, -0.15) is 0 Å². The van der Waals surface area contributed by atoms with Gasteiger partial charge in [0.2, 0.25) is 5.91 Å². The minimum atomic E-state index is 0.0477. The Morgan fingerprint density at radius 1 is 1.43 bits per heavy atom. The lowest BCUT2D eigenvalue weighted by Crippen LogP contribution is -2.42. The molecule has 2 saturated carbocycles. The maximum absolute atomic E-state index is 11.8. The van der Waals surface area contributed by atoms with Crippen molar-refractivity contribution < 1.29 is 4.79 Å². The molecule has 0 N–H and O–H groups in total. The Bertz CT molecular complexity index is 500. The summed E-state index contributed by atoms with van der Waals surface area (Å²) >= 11 is 0. The molecule has 2 aliphatic carbocycles. The van der Waals surface area contributed by atoms with Gasteiger partial charge in [-0.1, -0.05) is 37.8 Å². The lowest BCUT2D eigenvalue weighted by atomic mass is 9.67. The molecule has 5 heteroatoms. The minimum absolute atomic E-state index is 0.0477. The quantitative estimate of drug-likeness (QED) is 0.856. The van der Waals surface area contributed by atoms with Gasteiger partial charge in [-0.05, 0) is 31.6 Å². The van der Waals surface area contributed by atoms with Crippen LogP contribution in [-0.4, -0.2) is 27.4 Å². The average Bonchev–Trinajstić information content (AvgIpc) is 2.94. The molecule has 21 heavy (non-hydrogen) atoms. The van der Waals surface area contributed by atoms with Crippen molar-refractivity contribution >= 4 is 11.7 Å². The molecular formula is C16H26N4O. The largest absolute Gasteiger partial charge is 0.294 e. The summed E-state index contributed by atoms with van der Waals surface area (Å²) in [6.45, 7) is 4.39. The summed E-state index contributed by atoms with van der Waals surface area (Å²) in [5, 5.41) is 8.70. The molecule has 0 radical (unpaired) electrons. The Morgan fingerprint density at radius 3 is 2.76 bits per heavy atom. The highest BCUT2D eigenvalue weighted by molar-refractivity contribution is 5.90. The highest BCUT2D eigenvalue weighted by Gasteiger charge is 2.41. The zero-order chi connectivity index (χ0) is 14.9. The summed E-state index contributed by atoms with van der Waals surface area (Å²) in [5.74, 6) is 1.62. The predicted octanol–water partition coefficient (Wildman–Crippen LogP) is 3.11. The van der Waals surface area contributed by atoms with E-state index in [0.717, 1.165) is 12.3 Å². The molecule has 2 bridgehead atoms. The Kier molecular flexibility index (Phi) is 4.00. The Balaban J connectivity index is 1.85. The van der Waals surface area contributed by atoms with E-state index in [1.54, 1.807) is 11.8 Å². The number of rotatable bonds is 4. The summed E-state index contributed by atoms with van der Waals surface area (Å²) in [6, 6.07) is 0. The van der Waals surface area contributed by atoms with Crippen molar-refractivity contribution in [2.75, 3.05) is 11.4 Å². The third-order valence-corrected chi connectivity index (χ3v) is 5.25. The molecule has 5 nitrogen and oxygen atoms in total. The molecule has 2 fully saturated rings. The number of hydrogen-bond acceptors (Lipinski definition) is 3. The van der Waals surface area contributed by atoms with Crippen LogP contribution in [0, 0.1) is 5.92 Å². The fraction of sp³-hybridized carbons (Fsp3) is 0.812. The van der Waals surface area contributed by atoms with Crippen LogP contribution in [0.15, 0.2) is 6.20 Å². The van der Waals surface area contributed by atoms with Crippen LogP contribution < -0.4 is 4.90 Å². The van der Waals surface area contributed by atoms with Crippen molar-refractivity contribution in [1.29, 1.82) is 0 Å². The van der Waals surface area contributed by atoms with Crippen LogP contribution in [0.2, 0.25) is 0 Å². The molecule has 0 atom stereocenters. The molecule has 1 heterocycles. The van der Waals surface area contributed by atoms with Gasteiger partial charge in [-0.25, -0.2) is 4.68 Å². The van der Waals surface area contributed by atoms with Crippen molar-refractivity contribution in [3.63, 3.8) is 0 Å². The van der Waals surface area contributed by atoms with Gasteiger partial charge in [0, 0.05) is 13.5 Å². The number of aromatic nitrogens is 3. The first-order valence-corrected chi connectivity index (χ1v) is 8.35. The molecule has 1 amide bonds. The predicted molar refractivity (Wildman–Crippen MR) is 82.1 cm³/mol. The Hall–Kier alpha value is -1.39. The monoisotopic (exact) mass is 290 g/mol. The molecular weight excluding hydrogens is 264 g/mol. The Morgan fingerprint density at radius 2 is 2.14 bits per heavy atom. The third kappa shape index (κ3) is 2.70. The van der Waals surface area contributed by atoms with E-state index in [2.05, 4.69) is 21.9 Å². The highest BCUT2D eigenvalue weighted by atomic mass is 16.2. The second kappa shape index (κ2) is 5.78. The van der Waals surface area contributed by atoms with E-state index >= 15 is 0 Å². The smallest absolute Gasteiger partial charge is 0.225 e.